The first-order valence-corrected chi connectivity index (χ1v) is 10.1. The van der Waals surface area contributed by atoms with Crippen LogP contribution in [0.3, 0.4) is 0 Å². The number of anilines is 1. The van der Waals surface area contributed by atoms with Gasteiger partial charge in [-0.25, -0.2) is 0 Å². The van der Waals surface area contributed by atoms with Gasteiger partial charge in [-0.1, -0.05) is 31.9 Å². The Morgan fingerprint density at radius 1 is 1.35 bits per heavy atom. The third-order valence-corrected chi connectivity index (χ3v) is 7.67. The summed E-state index contributed by atoms with van der Waals surface area (Å²) in [6.07, 6.45) is 0.645. The maximum absolute atomic E-state index is 12.5. The summed E-state index contributed by atoms with van der Waals surface area (Å²) in [4.78, 5) is 36.6. The highest BCUT2D eigenvalue weighted by Crippen LogP contribution is 2.60. The molecule has 0 aromatic heterocycles. The van der Waals surface area contributed by atoms with Gasteiger partial charge in [-0.2, -0.15) is 0 Å². The highest BCUT2D eigenvalue weighted by molar-refractivity contribution is 9.10. The number of amides is 1. The number of carbonyl (C=O) groups excluding carboxylic acids is 3. The molecule has 1 N–H and O–H groups in total. The molecule has 0 unspecified atom stereocenters. The van der Waals surface area contributed by atoms with Gasteiger partial charge in [0.1, 0.15) is 6.10 Å². The molecule has 0 radical (unpaired) electrons. The second-order valence-electron chi connectivity index (χ2n) is 7.08. The lowest BCUT2D eigenvalue weighted by molar-refractivity contribution is -0.157. The first-order valence-electron chi connectivity index (χ1n) is 8.44. The number of carbonyl (C=O) groups is 3. The minimum absolute atomic E-state index is 0.0196. The molecule has 4 rings (SSSR count). The van der Waals surface area contributed by atoms with Crippen molar-refractivity contribution in [1.29, 1.82) is 0 Å². The van der Waals surface area contributed by atoms with Crippen LogP contribution in [0.2, 0.25) is 0 Å². The number of alkyl halides is 1. The molecule has 1 saturated heterocycles. The maximum atomic E-state index is 12.5. The predicted octanol–water partition coefficient (Wildman–Crippen LogP) is 2.81. The number of ether oxygens (including phenoxy) is 2. The van der Waals surface area contributed by atoms with Crippen molar-refractivity contribution in [3.8, 4) is 0 Å². The predicted molar refractivity (Wildman–Crippen MR) is 99.6 cm³/mol. The van der Waals surface area contributed by atoms with E-state index in [-0.39, 0.29) is 35.3 Å². The van der Waals surface area contributed by atoms with E-state index >= 15 is 0 Å². The van der Waals surface area contributed by atoms with E-state index in [1.165, 1.54) is 0 Å². The molecule has 1 aliphatic heterocycles. The van der Waals surface area contributed by atoms with Gasteiger partial charge < -0.3 is 14.8 Å². The van der Waals surface area contributed by atoms with Crippen molar-refractivity contribution in [2.24, 2.45) is 23.7 Å². The summed E-state index contributed by atoms with van der Waals surface area (Å²) in [5, 5.41) is 2.70. The van der Waals surface area contributed by atoms with E-state index in [0.717, 1.165) is 16.5 Å². The molecule has 1 heterocycles. The van der Waals surface area contributed by atoms with Gasteiger partial charge in [0.2, 0.25) is 0 Å². The minimum atomic E-state index is -0.529. The van der Waals surface area contributed by atoms with Crippen LogP contribution in [-0.2, 0) is 23.9 Å². The Morgan fingerprint density at radius 3 is 2.85 bits per heavy atom. The number of hydrogen-bond acceptors (Lipinski definition) is 5. The van der Waals surface area contributed by atoms with Gasteiger partial charge >= 0.3 is 11.9 Å². The van der Waals surface area contributed by atoms with Crippen molar-refractivity contribution in [2.75, 3.05) is 11.9 Å². The van der Waals surface area contributed by atoms with Gasteiger partial charge in [0.05, 0.1) is 16.7 Å². The lowest BCUT2D eigenvalue weighted by Gasteiger charge is -2.26. The van der Waals surface area contributed by atoms with Crippen molar-refractivity contribution >= 4 is 55.4 Å². The molecule has 6 nitrogen and oxygen atoms in total. The van der Waals surface area contributed by atoms with Crippen molar-refractivity contribution < 1.29 is 23.9 Å². The Labute approximate surface area is 167 Å². The zero-order valence-corrected chi connectivity index (χ0v) is 17.1. The molecular weight excluding hydrogens is 470 g/mol. The molecule has 3 aliphatic rings. The van der Waals surface area contributed by atoms with Gasteiger partial charge in [-0.15, -0.1) is 0 Å². The molecule has 138 valence electrons. The van der Waals surface area contributed by atoms with E-state index in [2.05, 4.69) is 37.2 Å². The first-order chi connectivity index (χ1) is 12.4. The quantitative estimate of drug-likeness (QED) is 0.522. The number of rotatable bonds is 4. The Morgan fingerprint density at radius 2 is 2.12 bits per heavy atom. The number of esters is 2. The number of halogens is 2. The summed E-state index contributed by atoms with van der Waals surface area (Å²) in [5.41, 5.74) is 1.62. The van der Waals surface area contributed by atoms with Crippen LogP contribution >= 0.6 is 31.9 Å². The zero-order valence-electron chi connectivity index (χ0n) is 13.9. The van der Waals surface area contributed by atoms with Crippen LogP contribution in [-0.4, -0.2) is 35.4 Å². The number of fused-ring (bicyclic) bond motifs is 1. The first kappa shape index (κ1) is 18.0. The van der Waals surface area contributed by atoms with Crippen LogP contribution in [0, 0.1) is 30.6 Å². The van der Waals surface area contributed by atoms with Gasteiger partial charge in [-0.05, 0) is 43.0 Å². The number of benzene rings is 1. The summed E-state index contributed by atoms with van der Waals surface area (Å²) < 4.78 is 11.6. The second-order valence-corrected chi connectivity index (χ2v) is 8.99. The molecule has 1 aromatic carbocycles. The fraction of sp³-hybridized carbons (Fsp3) is 0.500. The van der Waals surface area contributed by atoms with Crippen molar-refractivity contribution in [1.82, 2.24) is 0 Å². The minimum Gasteiger partial charge on any atom is -0.461 e. The van der Waals surface area contributed by atoms with E-state index in [1.54, 1.807) is 6.07 Å². The molecule has 3 fully saturated rings. The van der Waals surface area contributed by atoms with Gasteiger partial charge in [0.25, 0.3) is 5.91 Å². The molecule has 8 heteroatoms. The number of nitrogens with one attached hydrogen (secondary N) is 1. The van der Waals surface area contributed by atoms with Crippen LogP contribution in [0.1, 0.15) is 12.0 Å². The summed E-state index contributed by atoms with van der Waals surface area (Å²) in [6.45, 7) is 1.54. The van der Waals surface area contributed by atoms with Crippen molar-refractivity contribution in [3.05, 3.63) is 28.2 Å². The average Bonchev–Trinajstić information content (AvgIpc) is 3.20. The lowest BCUT2D eigenvalue weighted by atomic mass is 9.80. The largest absolute Gasteiger partial charge is 0.461 e. The lowest BCUT2D eigenvalue weighted by Crippen LogP contribution is -2.39. The van der Waals surface area contributed by atoms with Crippen LogP contribution in [0.5, 0.6) is 0 Å². The normalized spacial score (nSPS) is 33.9. The smallest absolute Gasteiger partial charge is 0.310 e. The molecule has 6 atom stereocenters. The van der Waals surface area contributed by atoms with E-state index in [9.17, 15) is 14.4 Å². The molecule has 0 spiro atoms. The van der Waals surface area contributed by atoms with Crippen LogP contribution in [0.25, 0.3) is 0 Å². The summed E-state index contributed by atoms with van der Waals surface area (Å²) in [6, 6.07) is 5.42. The maximum Gasteiger partial charge on any atom is 0.310 e. The highest BCUT2D eigenvalue weighted by atomic mass is 79.9. The van der Waals surface area contributed by atoms with E-state index in [0.29, 0.717) is 5.69 Å². The van der Waals surface area contributed by atoms with Crippen LogP contribution < -0.4 is 5.32 Å². The molecule has 2 aliphatic carbocycles. The molecular formula is C18H17Br2NO5. The molecule has 1 aromatic rings. The average molecular weight is 487 g/mol. The van der Waals surface area contributed by atoms with E-state index in [4.69, 9.17) is 9.47 Å². The highest BCUT2D eigenvalue weighted by Gasteiger charge is 2.68. The van der Waals surface area contributed by atoms with E-state index in [1.807, 2.05) is 19.1 Å². The molecule has 2 saturated carbocycles. The van der Waals surface area contributed by atoms with Gasteiger partial charge in [-0.3, -0.25) is 14.4 Å². The number of hydrogen-bond donors (Lipinski definition) is 1. The Bertz CT molecular complexity index is 798. The standard InChI is InChI=1S/C18H17Br2NO5/c1-7-4-8(2-3-11(7)19)21-12(22)6-25-17(23)13-9-5-10-14(13)18(24)26-16(10)15(9)20/h2-4,9-10,13-16H,5-6H2,1H3,(H,21,22)/t9-,10-,13-,14+,15+,16+/m1/s1. The molecule has 26 heavy (non-hydrogen) atoms. The topological polar surface area (TPSA) is 81.7 Å². The summed E-state index contributed by atoms with van der Waals surface area (Å²) in [7, 11) is 0. The van der Waals surface area contributed by atoms with Crippen molar-refractivity contribution in [2.45, 2.75) is 24.3 Å². The van der Waals surface area contributed by atoms with Crippen LogP contribution in [0.4, 0.5) is 5.69 Å². The zero-order chi connectivity index (χ0) is 18.6. The Balaban J connectivity index is 1.36. The molecule has 2 bridgehead atoms. The summed E-state index contributed by atoms with van der Waals surface area (Å²) in [5.74, 6) is -2.08. The molecule has 1 amide bonds. The van der Waals surface area contributed by atoms with Gasteiger partial charge in [0, 0.05) is 16.1 Å². The fourth-order valence-corrected chi connectivity index (χ4v) is 5.74. The monoisotopic (exact) mass is 485 g/mol. The number of aryl methyl sites for hydroxylation is 1. The second kappa shape index (κ2) is 6.64. The Kier molecular flexibility index (Phi) is 4.59. The fourth-order valence-electron chi connectivity index (χ4n) is 4.45. The third kappa shape index (κ3) is 2.87. The van der Waals surface area contributed by atoms with Gasteiger partial charge in [0.15, 0.2) is 6.61 Å². The van der Waals surface area contributed by atoms with E-state index < -0.39 is 23.7 Å². The van der Waals surface area contributed by atoms with Crippen molar-refractivity contribution in [3.63, 3.8) is 0 Å². The Hall–Kier alpha value is -1.41. The SMILES string of the molecule is Cc1cc(NC(=O)COC(=O)[C@@H]2[C@H]3C[C@H]4[C@H](OC(=O)[C@@H]42)[C@H]3Br)ccc1Br. The third-order valence-electron chi connectivity index (χ3n) is 5.58. The summed E-state index contributed by atoms with van der Waals surface area (Å²) >= 11 is 6.95. The van der Waals surface area contributed by atoms with Crippen LogP contribution in [0.15, 0.2) is 22.7 Å².